The molecule has 346 valence electrons. The molecular formula is C49H99N2O6P. The average molecular weight is 843 g/mol. The van der Waals surface area contributed by atoms with Gasteiger partial charge in [-0.1, -0.05) is 212 Å². The fourth-order valence-corrected chi connectivity index (χ4v) is 8.23. The topological polar surface area (TPSA) is 108 Å². The predicted molar refractivity (Wildman–Crippen MR) is 247 cm³/mol. The van der Waals surface area contributed by atoms with Crippen LogP contribution in [0.15, 0.2) is 12.2 Å². The van der Waals surface area contributed by atoms with Gasteiger partial charge in [-0.05, 0) is 38.5 Å². The molecular weight excluding hydrogens is 744 g/mol. The zero-order valence-electron chi connectivity index (χ0n) is 39.3. The standard InChI is InChI=1S/C49H99N2O6P/c1-6-8-10-12-14-16-18-20-21-22-23-24-25-26-27-28-29-31-32-34-36-38-40-42-48(52)47(46-57-58(54,55)56-45-44-51(3,4)5)50-49(53)43-41-39-37-35-33-30-19-17-15-13-11-9-7-2/h30,33,47-48,52H,6-29,31-32,34-46H2,1-5H3,(H-,50,53,54,55)/b33-30-. The summed E-state index contributed by atoms with van der Waals surface area (Å²) in [6.07, 6.45) is 48.0. The average Bonchev–Trinajstić information content (AvgIpc) is 3.17. The van der Waals surface area contributed by atoms with E-state index in [1.807, 2.05) is 21.1 Å². The number of carbonyl (C=O) groups is 1. The van der Waals surface area contributed by atoms with Crippen LogP contribution < -0.4 is 10.2 Å². The molecule has 1 amide bonds. The molecule has 0 heterocycles. The molecule has 0 saturated carbocycles. The molecule has 0 rings (SSSR count). The maximum absolute atomic E-state index is 12.9. The summed E-state index contributed by atoms with van der Waals surface area (Å²) in [6.45, 7) is 4.72. The number of phosphoric acid groups is 1. The van der Waals surface area contributed by atoms with Crippen LogP contribution in [0.3, 0.4) is 0 Å². The number of amides is 1. The van der Waals surface area contributed by atoms with Crippen molar-refractivity contribution in [3.05, 3.63) is 12.2 Å². The molecule has 0 aromatic carbocycles. The molecule has 0 spiro atoms. The molecule has 9 heteroatoms. The lowest BCUT2D eigenvalue weighted by molar-refractivity contribution is -0.870. The molecule has 0 aliphatic rings. The monoisotopic (exact) mass is 843 g/mol. The van der Waals surface area contributed by atoms with Crippen molar-refractivity contribution in [2.75, 3.05) is 40.9 Å². The Morgan fingerprint density at radius 2 is 0.948 bits per heavy atom. The van der Waals surface area contributed by atoms with E-state index in [1.165, 1.54) is 167 Å². The van der Waals surface area contributed by atoms with E-state index < -0.39 is 20.0 Å². The van der Waals surface area contributed by atoms with E-state index >= 15 is 0 Å². The van der Waals surface area contributed by atoms with Crippen LogP contribution in [0.25, 0.3) is 0 Å². The van der Waals surface area contributed by atoms with Crippen LogP contribution in [0.4, 0.5) is 0 Å². The summed E-state index contributed by atoms with van der Waals surface area (Å²) in [5.74, 6) is -0.178. The third-order valence-electron chi connectivity index (χ3n) is 11.5. The normalized spacial score (nSPS) is 14.3. The Labute approximate surface area is 361 Å². The Balaban J connectivity index is 4.21. The molecule has 0 fully saturated rings. The van der Waals surface area contributed by atoms with Crippen LogP contribution in [-0.2, 0) is 18.4 Å². The number of unbranched alkanes of at least 4 members (excludes halogenated alkanes) is 31. The van der Waals surface area contributed by atoms with Crippen molar-refractivity contribution in [3.63, 3.8) is 0 Å². The lowest BCUT2D eigenvalue weighted by atomic mass is 10.0. The first-order valence-electron chi connectivity index (χ1n) is 25.0. The maximum atomic E-state index is 12.9. The zero-order chi connectivity index (χ0) is 42.8. The van der Waals surface area contributed by atoms with Gasteiger partial charge in [-0.3, -0.25) is 9.36 Å². The summed E-state index contributed by atoms with van der Waals surface area (Å²) in [7, 11) is 1.30. The van der Waals surface area contributed by atoms with E-state index in [9.17, 15) is 19.4 Å². The summed E-state index contributed by atoms with van der Waals surface area (Å²) >= 11 is 0. The van der Waals surface area contributed by atoms with Gasteiger partial charge in [0.2, 0.25) is 5.91 Å². The Morgan fingerprint density at radius 1 is 0.586 bits per heavy atom. The first kappa shape index (κ1) is 57.2. The zero-order valence-corrected chi connectivity index (χ0v) is 40.2. The minimum Gasteiger partial charge on any atom is -0.756 e. The van der Waals surface area contributed by atoms with Crippen molar-refractivity contribution in [2.45, 2.75) is 257 Å². The van der Waals surface area contributed by atoms with Crippen LogP contribution in [-0.4, -0.2) is 68.5 Å². The van der Waals surface area contributed by atoms with E-state index in [2.05, 4.69) is 31.3 Å². The number of nitrogens with one attached hydrogen (secondary N) is 1. The highest BCUT2D eigenvalue weighted by Crippen LogP contribution is 2.38. The van der Waals surface area contributed by atoms with Gasteiger partial charge in [0.25, 0.3) is 7.82 Å². The molecule has 0 aliphatic heterocycles. The van der Waals surface area contributed by atoms with Crippen molar-refractivity contribution in [1.82, 2.24) is 5.32 Å². The molecule has 0 aromatic heterocycles. The fraction of sp³-hybridized carbons (Fsp3) is 0.939. The van der Waals surface area contributed by atoms with Gasteiger partial charge >= 0.3 is 0 Å². The van der Waals surface area contributed by atoms with Crippen molar-refractivity contribution < 1.29 is 32.9 Å². The molecule has 0 aromatic rings. The van der Waals surface area contributed by atoms with E-state index in [1.54, 1.807) is 0 Å². The summed E-state index contributed by atoms with van der Waals surface area (Å²) in [4.78, 5) is 25.4. The Morgan fingerprint density at radius 3 is 1.34 bits per heavy atom. The number of aliphatic hydroxyl groups is 1. The number of phosphoric ester groups is 1. The van der Waals surface area contributed by atoms with E-state index in [0.717, 1.165) is 51.4 Å². The van der Waals surface area contributed by atoms with Gasteiger partial charge in [0, 0.05) is 6.42 Å². The van der Waals surface area contributed by atoms with Crippen LogP contribution in [0.2, 0.25) is 0 Å². The van der Waals surface area contributed by atoms with Gasteiger partial charge < -0.3 is 28.8 Å². The molecule has 0 bridgehead atoms. The number of rotatable bonds is 46. The molecule has 0 radical (unpaired) electrons. The highest BCUT2D eigenvalue weighted by Gasteiger charge is 2.24. The smallest absolute Gasteiger partial charge is 0.268 e. The minimum atomic E-state index is -4.57. The second kappa shape index (κ2) is 41.6. The number of allylic oxidation sites excluding steroid dienone is 2. The number of nitrogens with zero attached hydrogens (tertiary/aromatic N) is 1. The minimum absolute atomic E-state index is 0.0115. The van der Waals surface area contributed by atoms with Crippen molar-refractivity contribution in [1.29, 1.82) is 0 Å². The van der Waals surface area contributed by atoms with E-state index in [4.69, 9.17) is 9.05 Å². The van der Waals surface area contributed by atoms with E-state index in [0.29, 0.717) is 23.9 Å². The number of quaternary nitrogens is 1. The van der Waals surface area contributed by atoms with Gasteiger partial charge in [-0.15, -0.1) is 0 Å². The third-order valence-corrected chi connectivity index (χ3v) is 12.5. The largest absolute Gasteiger partial charge is 0.756 e. The van der Waals surface area contributed by atoms with Gasteiger partial charge in [-0.2, -0.15) is 0 Å². The van der Waals surface area contributed by atoms with Crippen molar-refractivity contribution in [2.24, 2.45) is 0 Å². The van der Waals surface area contributed by atoms with E-state index in [-0.39, 0.29) is 19.1 Å². The molecule has 3 unspecified atom stereocenters. The number of hydrogen-bond donors (Lipinski definition) is 2. The number of hydrogen-bond acceptors (Lipinski definition) is 6. The van der Waals surface area contributed by atoms with Gasteiger partial charge in [0.15, 0.2) is 0 Å². The first-order chi connectivity index (χ1) is 28.0. The van der Waals surface area contributed by atoms with Crippen molar-refractivity contribution in [3.8, 4) is 0 Å². The Hall–Kier alpha value is -0.760. The summed E-state index contributed by atoms with van der Waals surface area (Å²) in [6, 6.07) is -0.804. The maximum Gasteiger partial charge on any atom is 0.268 e. The Kier molecular flexibility index (Phi) is 41.0. The fourth-order valence-electron chi connectivity index (χ4n) is 7.51. The second-order valence-corrected chi connectivity index (χ2v) is 19.9. The Bertz CT molecular complexity index is 958. The molecule has 3 atom stereocenters. The molecule has 8 nitrogen and oxygen atoms in total. The van der Waals surface area contributed by atoms with Gasteiger partial charge in [0.05, 0.1) is 39.9 Å². The molecule has 0 aliphatic carbocycles. The van der Waals surface area contributed by atoms with Crippen LogP contribution in [0.1, 0.15) is 245 Å². The second-order valence-electron chi connectivity index (χ2n) is 18.5. The first-order valence-corrected chi connectivity index (χ1v) is 26.5. The highest BCUT2D eigenvalue weighted by atomic mass is 31.2. The predicted octanol–water partition coefficient (Wildman–Crippen LogP) is 13.7. The number of carbonyl (C=O) groups excluding carboxylic acids is 1. The summed E-state index contributed by atoms with van der Waals surface area (Å²) in [5, 5.41) is 13.9. The van der Waals surface area contributed by atoms with Crippen LogP contribution in [0, 0.1) is 0 Å². The molecule has 2 N–H and O–H groups in total. The third kappa shape index (κ3) is 43.3. The van der Waals surface area contributed by atoms with Gasteiger partial charge in [-0.25, -0.2) is 0 Å². The SMILES string of the molecule is CCCCCCCC/C=C\CCCCCC(=O)NC(COP(=O)([O-])OCC[N+](C)(C)C)C(O)CCCCCCCCCCCCCCCCCCCCCCCCC. The number of aliphatic hydroxyl groups excluding tert-OH is 1. The molecule has 0 saturated heterocycles. The molecule has 58 heavy (non-hydrogen) atoms. The highest BCUT2D eigenvalue weighted by molar-refractivity contribution is 7.45. The lowest BCUT2D eigenvalue weighted by Crippen LogP contribution is -2.46. The van der Waals surface area contributed by atoms with Crippen molar-refractivity contribution >= 4 is 13.7 Å². The van der Waals surface area contributed by atoms with Crippen LogP contribution in [0.5, 0.6) is 0 Å². The number of likely N-dealkylation sites (N-methyl/N-ethyl adjacent to an activating group) is 1. The lowest BCUT2D eigenvalue weighted by Gasteiger charge is -2.30. The van der Waals surface area contributed by atoms with Crippen LogP contribution >= 0.6 is 7.82 Å². The van der Waals surface area contributed by atoms with Gasteiger partial charge in [0.1, 0.15) is 13.2 Å². The summed E-state index contributed by atoms with van der Waals surface area (Å²) in [5.41, 5.74) is 0. The summed E-state index contributed by atoms with van der Waals surface area (Å²) < 4.78 is 23.3. The quantitative estimate of drug-likeness (QED) is 0.0273.